The van der Waals surface area contributed by atoms with Crippen LogP contribution in [-0.2, 0) is 15.7 Å². The van der Waals surface area contributed by atoms with Crippen molar-refractivity contribution in [2.75, 3.05) is 44.1 Å². The lowest BCUT2D eigenvalue weighted by molar-refractivity contribution is -0.139. The highest BCUT2D eigenvalue weighted by Gasteiger charge is 2.36. The summed E-state index contributed by atoms with van der Waals surface area (Å²) >= 11 is 0. The first-order chi connectivity index (χ1) is 23.2. The SMILES string of the molecule is CCCCOCCOc1ccc(-c2ccc3c(c2)C=C(C(=O)Nc2ccc(C(O)c4cc(OC)ccn4)c(C(F)(F)F)c2)CCN3)cc1. The van der Waals surface area contributed by atoms with E-state index in [0.717, 1.165) is 59.7 Å². The number of carbonyl (C=O) groups excluding carboxylic acids is 1. The summed E-state index contributed by atoms with van der Waals surface area (Å²) in [4.78, 5) is 17.4. The molecule has 0 spiro atoms. The van der Waals surface area contributed by atoms with Crippen LogP contribution in [0.3, 0.4) is 0 Å². The number of hydrogen-bond acceptors (Lipinski definition) is 7. The molecule has 1 amide bonds. The molecule has 1 aliphatic rings. The highest BCUT2D eigenvalue weighted by molar-refractivity contribution is 6.07. The van der Waals surface area contributed by atoms with Gasteiger partial charge in [-0.1, -0.05) is 37.6 Å². The van der Waals surface area contributed by atoms with E-state index in [4.69, 9.17) is 14.2 Å². The smallest absolute Gasteiger partial charge is 0.416 e. The number of hydrogen-bond donors (Lipinski definition) is 3. The number of aromatic nitrogens is 1. The number of anilines is 2. The predicted octanol–water partition coefficient (Wildman–Crippen LogP) is 7.89. The van der Waals surface area contributed by atoms with Gasteiger partial charge >= 0.3 is 6.18 Å². The van der Waals surface area contributed by atoms with E-state index in [-0.39, 0.29) is 11.4 Å². The number of amides is 1. The zero-order chi connectivity index (χ0) is 34.1. The Morgan fingerprint density at radius 3 is 2.52 bits per heavy atom. The monoisotopic (exact) mass is 661 g/mol. The van der Waals surface area contributed by atoms with Crippen molar-refractivity contribution in [3.8, 4) is 22.6 Å². The third-order valence-electron chi connectivity index (χ3n) is 7.89. The first kappa shape index (κ1) is 34.5. The third kappa shape index (κ3) is 8.72. The molecule has 3 N–H and O–H groups in total. The molecule has 8 nitrogen and oxygen atoms in total. The molecule has 48 heavy (non-hydrogen) atoms. The van der Waals surface area contributed by atoms with E-state index in [1.54, 1.807) is 6.08 Å². The van der Waals surface area contributed by atoms with Crippen LogP contribution < -0.4 is 20.1 Å². The van der Waals surface area contributed by atoms with E-state index >= 15 is 0 Å². The molecule has 0 aliphatic carbocycles. The summed E-state index contributed by atoms with van der Waals surface area (Å²) in [6, 6.07) is 19.8. The van der Waals surface area contributed by atoms with Gasteiger partial charge in [0.25, 0.3) is 5.91 Å². The van der Waals surface area contributed by atoms with Gasteiger partial charge in [-0.05, 0) is 83.6 Å². The Morgan fingerprint density at radius 2 is 1.77 bits per heavy atom. The number of rotatable bonds is 13. The molecule has 3 aromatic carbocycles. The molecular weight excluding hydrogens is 623 g/mol. The van der Waals surface area contributed by atoms with Crippen molar-refractivity contribution in [2.24, 2.45) is 0 Å². The van der Waals surface area contributed by atoms with Crippen LogP contribution in [0, 0.1) is 0 Å². The fraction of sp³-hybridized carbons (Fsp3) is 0.297. The molecule has 0 saturated carbocycles. The molecule has 1 aliphatic heterocycles. The second-order valence-electron chi connectivity index (χ2n) is 11.3. The van der Waals surface area contributed by atoms with Gasteiger partial charge in [0.15, 0.2) is 0 Å². The number of aliphatic hydroxyl groups excluding tert-OH is 1. The molecule has 11 heteroatoms. The second-order valence-corrected chi connectivity index (χ2v) is 11.3. The van der Waals surface area contributed by atoms with Crippen LogP contribution in [0.4, 0.5) is 24.5 Å². The van der Waals surface area contributed by atoms with Crippen LogP contribution in [0.5, 0.6) is 11.5 Å². The summed E-state index contributed by atoms with van der Waals surface area (Å²) < 4.78 is 58.9. The van der Waals surface area contributed by atoms with E-state index in [9.17, 15) is 23.1 Å². The summed E-state index contributed by atoms with van der Waals surface area (Å²) in [7, 11) is 1.41. The quantitative estimate of drug-likeness (QED) is 0.125. The molecule has 0 saturated heterocycles. The van der Waals surface area contributed by atoms with E-state index in [0.29, 0.717) is 37.5 Å². The van der Waals surface area contributed by atoms with Crippen LogP contribution in [0.15, 0.2) is 84.6 Å². The maximum Gasteiger partial charge on any atom is 0.416 e. The Hall–Kier alpha value is -4.87. The van der Waals surface area contributed by atoms with Gasteiger partial charge in [-0.3, -0.25) is 9.78 Å². The molecule has 4 aromatic rings. The maximum atomic E-state index is 14.2. The lowest BCUT2D eigenvalue weighted by Gasteiger charge is -2.19. The summed E-state index contributed by atoms with van der Waals surface area (Å²) in [5, 5.41) is 16.7. The number of nitrogens with zero attached hydrogens (tertiary/aromatic N) is 1. The largest absolute Gasteiger partial charge is 0.497 e. The Balaban J connectivity index is 1.31. The molecule has 252 valence electrons. The molecule has 0 bridgehead atoms. The fourth-order valence-corrected chi connectivity index (χ4v) is 5.30. The first-order valence-electron chi connectivity index (χ1n) is 15.8. The van der Waals surface area contributed by atoms with E-state index in [2.05, 4.69) is 22.5 Å². The maximum absolute atomic E-state index is 14.2. The molecule has 1 atom stereocenters. The van der Waals surface area contributed by atoms with Crippen LogP contribution in [0.1, 0.15) is 54.7 Å². The predicted molar refractivity (Wildman–Crippen MR) is 179 cm³/mol. The van der Waals surface area contributed by atoms with Crippen molar-refractivity contribution < 1.29 is 37.3 Å². The molecule has 1 aromatic heterocycles. The van der Waals surface area contributed by atoms with E-state index < -0.39 is 29.3 Å². The van der Waals surface area contributed by atoms with Gasteiger partial charge in [0, 0.05) is 42.4 Å². The minimum absolute atomic E-state index is 0.00155. The average Bonchev–Trinajstić information content (AvgIpc) is 3.32. The summed E-state index contributed by atoms with van der Waals surface area (Å²) in [5.41, 5.74) is 2.38. The topological polar surface area (TPSA) is 102 Å². The summed E-state index contributed by atoms with van der Waals surface area (Å²) in [6.07, 6.45) is -0.904. The number of aliphatic hydroxyl groups is 1. The summed E-state index contributed by atoms with van der Waals surface area (Å²) in [6.45, 7) is 4.30. The minimum Gasteiger partial charge on any atom is -0.497 e. The van der Waals surface area contributed by atoms with Gasteiger partial charge in [0.2, 0.25) is 0 Å². The fourth-order valence-electron chi connectivity index (χ4n) is 5.30. The van der Waals surface area contributed by atoms with Gasteiger partial charge in [0.05, 0.1) is 25.0 Å². The van der Waals surface area contributed by atoms with Gasteiger partial charge in [0.1, 0.15) is 24.2 Å². The van der Waals surface area contributed by atoms with Gasteiger partial charge < -0.3 is 30.0 Å². The molecule has 5 rings (SSSR count). The number of ether oxygens (including phenoxy) is 3. The van der Waals surface area contributed by atoms with Gasteiger partial charge in [-0.15, -0.1) is 0 Å². The molecule has 2 heterocycles. The molecule has 0 fully saturated rings. The van der Waals surface area contributed by atoms with Gasteiger partial charge in [-0.2, -0.15) is 13.2 Å². The zero-order valence-corrected chi connectivity index (χ0v) is 26.8. The number of pyridine rings is 1. The number of carbonyl (C=O) groups is 1. The number of benzene rings is 3. The van der Waals surface area contributed by atoms with Crippen molar-refractivity contribution >= 4 is 23.4 Å². The van der Waals surface area contributed by atoms with Gasteiger partial charge in [-0.25, -0.2) is 0 Å². The van der Waals surface area contributed by atoms with Crippen LogP contribution in [0.2, 0.25) is 0 Å². The zero-order valence-electron chi connectivity index (χ0n) is 26.8. The second kappa shape index (κ2) is 15.8. The third-order valence-corrected chi connectivity index (χ3v) is 7.89. The Bertz CT molecular complexity index is 1740. The van der Waals surface area contributed by atoms with Crippen LogP contribution >= 0.6 is 0 Å². The van der Waals surface area contributed by atoms with Crippen molar-refractivity contribution in [1.29, 1.82) is 0 Å². The van der Waals surface area contributed by atoms with Crippen molar-refractivity contribution in [2.45, 2.75) is 38.5 Å². The number of unbranched alkanes of at least 4 members (excludes halogenated alkanes) is 1. The number of fused-ring (bicyclic) bond motifs is 1. The first-order valence-corrected chi connectivity index (χ1v) is 15.8. The molecular formula is C37H38F3N3O5. The highest BCUT2D eigenvalue weighted by Crippen LogP contribution is 2.38. The molecule has 0 radical (unpaired) electrons. The standard InChI is InChI=1S/C37H38F3N3O5/c1-3-4-17-47-18-19-48-29-9-5-24(6-10-29)25-7-12-33-27(20-25)21-26(13-15-41-33)36(45)43-28-8-11-31(32(22-28)37(38,39)40)35(44)34-23-30(46-2)14-16-42-34/h5-12,14,16,20-23,35,41,44H,3-4,13,15,17-19H2,1-2H3,(H,43,45). The highest BCUT2D eigenvalue weighted by atomic mass is 19.4. The lowest BCUT2D eigenvalue weighted by atomic mass is 9.98. The normalized spacial score (nSPS) is 13.4. The van der Waals surface area contributed by atoms with Crippen molar-refractivity contribution in [3.63, 3.8) is 0 Å². The Morgan fingerprint density at radius 1 is 0.979 bits per heavy atom. The van der Waals surface area contributed by atoms with Crippen molar-refractivity contribution in [1.82, 2.24) is 4.98 Å². The minimum atomic E-state index is -4.80. The van der Waals surface area contributed by atoms with Crippen molar-refractivity contribution in [3.05, 3.63) is 107 Å². The number of nitrogens with one attached hydrogen (secondary N) is 2. The number of halogens is 3. The number of methoxy groups -OCH3 is 1. The Labute approximate surface area is 277 Å². The average molecular weight is 662 g/mol. The summed E-state index contributed by atoms with van der Waals surface area (Å²) in [5.74, 6) is 0.561. The van der Waals surface area contributed by atoms with E-state index in [1.165, 1.54) is 31.5 Å². The lowest BCUT2D eigenvalue weighted by Crippen LogP contribution is -2.18. The Kier molecular flexibility index (Phi) is 11.4. The van der Waals surface area contributed by atoms with E-state index in [1.807, 2.05) is 42.5 Å². The number of alkyl halides is 3. The van der Waals surface area contributed by atoms with Crippen LogP contribution in [0.25, 0.3) is 17.2 Å². The van der Waals surface area contributed by atoms with Crippen LogP contribution in [-0.4, -0.2) is 49.5 Å². The molecule has 1 unspecified atom stereocenters.